The molecule has 1 aliphatic heterocycles. The number of carboxylic acids is 1. The number of benzene rings is 2. The molecule has 0 unspecified atom stereocenters. The van der Waals surface area contributed by atoms with Crippen molar-refractivity contribution in [3.63, 3.8) is 0 Å². The number of ether oxygens (including phenoxy) is 2. The van der Waals surface area contributed by atoms with Crippen molar-refractivity contribution in [2.24, 2.45) is 0 Å². The van der Waals surface area contributed by atoms with Gasteiger partial charge in [0.25, 0.3) is 5.91 Å². The van der Waals surface area contributed by atoms with Crippen LogP contribution in [0.4, 0.5) is 5.69 Å². The quantitative estimate of drug-likeness (QED) is 0.557. The predicted octanol–water partition coefficient (Wildman–Crippen LogP) is 4.42. The second kappa shape index (κ2) is 8.26. The average molecular weight is 430 g/mol. The SMILES string of the molecule is COc1ccc(/C=C2\SC(=S)N(c3ccc(C)cc3C)C2=O)c(C(=O)O)c1OC. The molecule has 1 N–H and O–H groups in total. The maximum absolute atomic E-state index is 13.1. The van der Waals surface area contributed by atoms with E-state index in [-0.39, 0.29) is 17.2 Å². The summed E-state index contributed by atoms with van der Waals surface area (Å²) in [5.74, 6) is -1.08. The van der Waals surface area contributed by atoms with E-state index in [4.69, 9.17) is 21.7 Å². The predicted molar refractivity (Wildman–Crippen MR) is 118 cm³/mol. The summed E-state index contributed by atoms with van der Waals surface area (Å²) in [4.78, 5) is 26.7. The maximum Gasteiger partial charge on any atom is 0.340 e. The lowest BCUT2D eigenvalue weighted by molar-refractivity contribution is -0.113. The molecule has 3 rings (SSSR count). The number of anilines is 1. The Labute approximate surface area is 178 Å². The summed E-state index contributed by atoms with van der Waals surface area (Å²) in [6, 6.07) is 8.93. The van der Waals surface area contributed by atoms with Crippen LogP contribution in [0.5, 0.6) is 11.5 Å². The van der Waals surface area contributed by atoms with E-state index in [0.717, 1.165) is 22.9 Å². The van der Waals surface area contributed by atoms with Gasteiger partial charge < -0.3 is 14.6 Å². The first-order chi connectivity index (χ1) is 13.8. The van der Waals surface area contributed by atoms with Gasteiger partial charge in [0.15, 0.2) is 15.8 Å². The van der Waals surface area contributed by atoms with Crippen molar-refractivity contribution in [1.82, 2.24) is 0 Å². The van der Waals surface area contributed by atoms with E-state index >= 15 is 0 Å². The van der Waals surface area contributed by atoms with Crippen LogP contribution in [0.25, 0.3) is 6.08 Å². The molecule has 0 radical (unpaired) electrons. The highest BCUT2D eigenvalue weighted by Gasteiger charge is 2.34. The van der Waals surface area contributed by atoms with Crippen molar-refractivity contribution in [2.45, 2.75) is 13.8 Å². The van der Waals surface area contributed by atoms with Gasteiger partial charge in [0.2, 0.25) is 0 Å². The summed E-state index contributed by atoms with van der Waals surface area (Å²) in [7, 11) is 2.80. The lowest BCUT2D eigenvalue weighted by Crippen LogP contribution is -2.28. The fourth-order valence-corrected chi connectivity index (χ4v) is 4.43. The number of aryl methyl sites for hydroxylation is 2. The van der Waals surface area contributed by atoms with Crippen LogP contribution >= 0.6 is 24.0 Å². The Balaban J connectivity index is 2.07. The zero-order valence-corrected chi connectivity index (χ0v) is 17.9. The van der Waals surface area contributed by atoms with Gasteiger partial charge in [-0.15, -0.1) is 0 Å². The first kappa shape index (κ1) is 20.9. The van der Waals surface area contributed by atoms with Gasteiger partial charge in [0, 0.05) is 0 Å². The summed E-state index contributed by atoms with van der Waals surface area (Å²) >= 11 is 6.56. The molecule has 150 valence electrons. The fourth-order valence-electron chi connectivity index (χ4n) is 3.16. The van der Waals surface area contributed by atoms with Gasteiger partial charge in [0.05, 0.1) is 24.8 Å². The van der Waals surface area contributed by atoms with Crippen molar-refractivity contribution < 1.29 is 24.2 Å². The Morgan fingerprint density at radius 1 is 1.17 bits per heavy atom. The van der Waals surface area contributed by atoms with Crippen LogP contribution in [0.1, 0.15) is 27.0 Å². The molecule has 8 heteroatoms. The molecular formula is C21H19NO5S2. The number of amides is 1. The number of methoxy groups -OCH3 is 2. The number of hydrogen-bond donors (Lipinski definition) is 1. The zero-order valence-electron chi connectivity index (χ0n) is 16.3. The molecule has 0 spiro atoms. The Hall–Kier alpha value is -2.84. The van der Waals surface area contributed by atoms with Crippen LogP contribution in [0, 0.1) is 13.8 Å². The molecule has 1 saturated heterocycles. The number of carbonyl (C=O) groups excluding carboxylic acids is 1. The molecule has 0 aromatic heterocycles. The van der Waals surface area contributed by atoms with Crippen LogP contribution in [0.15, 0.2) is 35.2 Å². The lowest BCUT2D eigenvalue weighted by Gasteiger charge is -2.17. The van der Waals surface area contributed by atoms with Crippen LogP contribution in [-0.2, 0) is 4.79 Å². The molecule has 1 aliphatic rings. The number of thioether (sulfide) groups is 1. The van der Waals surface area contributed by atoms with Gasteiger partial charge in [-0.3, -0.25) is 9.69 Å². The van der Waals surface area contributed by atoms with E-state index in [1.165, 1.54) is 25.2 Å². The van der Waals surface area contributed by atoms with Gasteiger partial charge >= 0.3 is 5.97 Å². The number of rotatable bonds is 5. The number of aromatic carboxylic acids is 1. The third-order valence-corrected chi connectivity index (χ3v) is 5.77. The molecule has 29 heavy (non-hydrogen) atoms. The number of hydrogen-bond acceptors (Lipinski definition) is 6. The summed E-state index contributed by atoms with van der Waals surface area (Å²) in [5.41, 5.74) is 2.98. The van der Waals surface area contributed by atoms with E-state index in [0.29, 0.717) is 26.2 Å². The Morgan fingerprint density at radius 2 is 1.90 bits per heavy atom. The minimum Gasteiger partial charge on any atom is -0.493 e. The minimum atomic E-state index is -1.18. The van der Waals surface area contributed by atoms with Gasteiger partial charge in [-0.2, -0.15) is 0 Å². The highest BCUT2D eigenvalue weighted by molar-refractivity contribution is 8.27. The van der Waals surface area contributed by atoms with Crippen molar-refractivity contribution in [1.29, 1.82) is 0 Å². The summed E-state index contributed by atoms with van der Waals surface area (Å²) in [5, 5.41) is 9.69. The molecule has 1 heterocycles. The smallest absolute Gasteiger partial charge is 0.340 e. The first-order valence-electron chi connectivity index (χ1n) is 8.62. The van der Waals surface area contributed by atoms with Crippen molar-refractivity contribution in [3.8, 4) is 11.5 Å². The Bertz CT molecular complexity index is 1060. The summed E-state index contributed by atoms with van der Waals surface area (Å²) in [6.07, 6.45) is 1.52. The highest BCUT2D eigenvalue weighted by Crippen LogP contribution is 2.40. The summed E-state index contributed by atoms with van der Waals surface area (Å²) in [6.45, 7) is 3.90. The standard InChI is InChI=1S/C21H19NO5S2/c1-11-5-7-14(12(2)9-11)22-19(23)16(29-21(22)28)10-13-6-8-15(26-3)18(27-4)17(13)20(24)25/h5-10H,1-4H3,(H,24,25)/b16-10-. The van der Waals surface area contributed by atoms with Crippen LogP contribution in [0.3, 0.4) is 0 Å². The van der Waals surface area contributed by atoms with E-state index in [1.54, 1.807) is 12.1 Å². The average Bonchev–Trinajstić information content (AvgIpc) is 2.94. The van der Waals surface area contributed by atoms with Gasteiger partial charge in [-0.05, 0) is 43.2 Å². The number of carbonyl (C=O) groups is 2. The third-order valence-electron chi connectivity index (χ3n) is 4.47. The van der Waals surface area contributed by atoms with Gasteiger partial charge in [-0.25, -0.2) is 4.79 Å². The zero-order chi connectivity index (χ0) is 21.3. The first-order valence-corrected chi connectivity index (χ1v) is 9.84. The Kier molecular flexibility index (Phi) is 5.95. The molecular weight excluding hydrogens is 410 g/mol. The minimum absolute atomic E-state index is 0.0800. The Morgan fingerprint density at radius 3 is 2.48 bits per heavy atom. The second-order valence-electron chi connectivity index (χ2n) is 6.38. The second-order valence-corrected chi connectivity index (χ2v) is 8.05. The van der Waals surface area contributed by atoms with Gasteiger partial charge in [-0.1, -0.05) is 47.7 Å². The molecule has 2 aromatic rings. The van der Waals surface area contributed by atoms with Crippen LogP contribution in [0.2, 0.25) is 0 Å². The van der Waals surface area contributed by atoms with E-state index in [1.807, 2.05) is 32.0 Å². The number of carboxylic acid groups (broad SMARTS) is 1. The largest absolute Gasteiger partial charge is 0.493 e. The lowest BCUT2D eigenvalue weighted by atomic mass is 10.0. The normalized spacial score (nSPS) is 15.2. The van der Waals surface area contributed by atoms with Crippen molar-refractivity contribution in [2.75, 3.05) is 19.1 Å². The number of nitrogens with zero attached hydrogens (tertiary/aromatic N) is 1. The van der Waals surface area contributed by atoms with Crippen LogP contribution < -0.4 is 14.4 Å². The molecule has 1 amide bonds. The van der Waals surface area contributed by atoms with E-state index < -0.39 is 5.97 Å². The maximum atomic E-state index is 13.1. The van der Waals surface area contributed by atoms with Crippen molar-refractivity contribution >= 4 is 51.9 Å². The number of thiocarbonyl (C=S) groups is 1. The highest BCUT2D eigenvalue weighted by atomic mass is 32.2. The van der Waals surface area contributed by atoms with E-state index in [9.17, 15) is 14.7 Å². The molecule has 0 saturated carbocycles. The molecule has 0 bridgehead atoms. The van der Waals surface area contributed by atoms with E-state index in [2.05, 4.69) is 0 Å². The monoisotopic (exact) mass is 429 g/mol. The third kappa shape index (κ3) is 3.86. The molecule has 2 aromatic carbocycles. The van der Waals surface area contributed by atoms with Crippen LogP contribution in [-0.4, -0.2) is 35.5 Å². The molecule has 0 aliphatic carbocycles. The molecule has 0 atom stereocenters. The fraction of sp³-hybridized carbons (Fsp3) is 0.190. The topological polar surface area (TPSA) is 76.1 Å². The molecule has 1 fully saturated rings. The molecule has 6 nitrogen and oxygen atoms in total. The van der Waals surface area contributed by atoms with Crippen molar-refractivity contribution in [3.05, 3.63) is 57.5 Å². The summed E-state index contributed by atoms with van der Waals surface area (Å²) < 4.78 is 10.8. The van der Waals surface area contributed by atoms with Gasteiger partial charge in [0.1, 0.15) is 5.56 Å².